The number of aliphatic hydroxyl groups is 1. The lowest BCUT2D eigenvalue weighted by Crippen LogP contribution is -2.44. The quantitative estimate of drug-likeness (QED) is 0.236. The van der Waals surface area contributed by atoms with E-state index in [9.17, 15) is 5.11 Å². The molecule has 1 saturated heterocycles. The van der Waals surface area contributed by atoms with Crippen molar-refractivity contribution in [2.75, 3.05) is 60.2 Å². The van der Waals surface area contributed by atoms with Crippen molar-refractivity contribution in [1.29, 1.82) is 0 Å². The molecule has 1 aliphatic heterocycles. The van der Waals surface area contributed by atoms with Crippen LogP contribution < -0.4 is 15.4 Å². The number of rotatable bonds is 11. The third-order valence-electron chi connectivity index (χ3n) is 4.93. The Morgan fingerprint density at radius 3 is 2.83 bits per heavy atom. The van der Waals surface area contributed by atoms with Crippen molar-refractivity contribution >= 4 is 29.9 Å². The first-order chi connectivity index (χ1) is 13.6. The lowest BCUT2D eigenvalue weighted by molar-refractivity contribution is 0.127. The number of nitrogens with one attached hydrogen (secondary N) is 2. The molecular formula is C21H37IN4O3. The predicted molar refractivity (Wildman–Crippen MR) is 128 cm³/mol. The van der Waals surface area contributed by atoms with E-state index in [2.05, 4.69) is 28.5 Å². The molecule has 0 saturated carbocycles. The summed E-state index contributed by atoms with van der Waals surface area (Å²) < 4.78 is 11.4. The summed E-state index contributed by atoms with van der Waals surface area (Å²) in [6.45, 7) is 7.34. The van der Waals surface area contributed by atoms with Crippen LogP contribution in [0.2, 0.25) is 0 Å². The molecule has 3 N–H and O–H groups in total. The van der Waals surface area contributed by atoms with Gasteiger partial charge in [0.2, 0.25) is 0 Å². The Kier molecular flexibility index (Phi) is 12.5. The highest BCUT2D eigenvalue weighted by Gasteiger charge is 2.34. The second kappa shape index (κ2) is 14.0. The topological polar surface area (TPSA) is 78.4 Å². The van der Waals surface area contributed by atoms with Crippen molar-refractivity contribution in [3.63, 3.8) is 0 Å². The second-order valence-corrected chi connectivity index (χ2v) is 7.62. The fourth-order valence-electron chi connectivity index (χ4n) is 3.17. The zero-order valence-corrected chi connectivity index (χ0v) is 20.3. The monoisotopic (exact) mass is 520 g/mol. The normalized spacial score (nSPS) is 19.1. The van der Waals surface area contributed by atoms with Gasteiger partial charge in [0.25, 0.3) is 0 Å². The van der Waals surface area contributed by atoms with Gasteiger partial charge in [0.15, 0.2) is 5.96 Å². The van der Waals surface area contributed by atoms with E-state index in [1.807, 2.05) is 32.3 Å². The van der Waals surface area contributed by atoms with E-state index in [0.29, 0.717) is 19.8 Å². The fourth-order valence-corrected chi connectivity index (χ4v) is 3.17. The van der Waals surface area contributed by atoms with E-state index < -0.39 is 0 Å². The van der Waals surface area contributed by atoms with Gasteiger partial charge >= 0.3 is 0 Å². The molecule has 29 heavy (non-hydrogen) atoms. The van der Waals surface area contributed by atoms with Crippen molar-refractivity contribution in [2.45, 2.75) is 26.3 Å². The Morgan fingerprint density at radius 1 is 1.34 bits per heavy atom. The van der Waals surface area contributed by atoms with Crippen LogP contribution in [0.1, 0.15) is 25.3 Å². The maximum atomic E-state index is 9.39. The van der Waals surface area contributed by atoms with Gasteiger partial charge in [-0.2, -0.15) is 0 Å². The number of halogens is 1. The standard InChI is InChI=1S/C21H36N4O3.HI/c1-4-22-20(24-16-21(8-11-26)9-12-27-17-21)23-15-18-6-5-7-19(14-18)28-13-10-25(2)3;/h5-7,14,26H,4,8-13,15-17H2,1-3H3,(H2,22,23,24);1H. The van der Waals surface area contributed by atoms with Crippen LogP contribution in [0.15, 0.2) is 29.3 Å². The Balaban J connectivity index is 0.00000420. The van der Waals surface area contributed by atoms with Crippen molar-refractivity contribution in [2.24, 2.45) is 10.4 Å². The molecule has 0 aliphatic carbocycles. The van der Waals surface area contributed by atoms with Crippen LogP contribution >= 0.6 is 24.0 Å². The van der Waals surface area contributed by atoms with Crippen molar-refractivity contribution in [3.05, 3.63) is 29.8 Å². The van der Waals surface area contributed by atoms with Crippen LogP contribution in [0.3, 0.4) is 0 Å². The van der Waals surface area contributed by atoms with Gasteiger partial charge in [-0.25, -0.2) is 4.99 Å². The summed E-state index contributed by atoms with van der Waals surface area (Å²) in [5.74, 6) is 1.66. The van der Waals surface area contributed by atoms with E-state index in [4.69, 9.17) is 14.5 Å². The number of aliphatic imine (C=N–C) groups is 1. The summed E-state index contributed by atoms with van der Waals surface area (Å²) in [4.78, 5) is 6.81. The van der Waals surface area contributed by atoms with E-state index >= 15 is 0 Å². The van der Waals surface area contributed by atoms with Crippen LogP contribution in [0, 0.1) is 5.41 Å². The molecule has 7 nitrogen and oxygen atoms in total. The van der Waals surface area contributed by atoms with Crippen molar-refractivity contribution < 1.29 is 14.6 Å². The van der Waals surface area contributed by atoms with Crippen LogP contribution in [0.25, 0.3) is 0 Å². The molecule has 1 aromatic rings. The average Bonchev–Trinajstić information content (AvgIpc) is 3.13. The molecule has 166 valence electrons. The van der Waals surface area contributed by atoms with E-state index in [0.717, 1.165) is 56.4 Å². The van der Waals surface area contributed by atoms with Gasteiger partial charge < -0.3 is 30.1 Å². The molecule has 0 amide bonds. The van der Waals surface area contributed by atoms with E-state index in [-0.39, 0.29) is 36.0 Å². The van der Waals surface area contributed by atoms with Crippen LogP contribution in [0.5, 0.6) is 5.75 Å². The largest absolute Gasteiger partial charge is 0.492 e. The molecule has 0 aromatic heterocycles. The third-order valence-corrected chi connectivity index (χ3v) is 4.93. The average molecular weight is 520 g/mol. The predicted octanol–water partition coefficient (Wildman–Crippen LogP) is 2.09. The number of nitrogens with zero attached hydrogens (tertiary/aromatic N) is 2. The van der Waals surface area contributed by atoms with E-state index in [1.165, 1.54) is 0 Å². The first-order valence-electron chi connectivity index (χ1n) is 10.1. The molecular weight excluding hydrogens is 483 g/mol. The van der Waals surface area contributed by atoms with Gasteiger partial charge in [0.05, 0.1) is 13.2 Å². The maximum Gasteiger partial charge on any atom is 0.191 e. The van der Waals surface area contributed by atoms with Gasteiger partial charge in [0, 0.05) is 38.3 Å². The molecule has 1 heterocycles. The minimum absolute atomic E-state index is 0. The SMILES string of the molecule is CCNC(=NCc1cccc(OCCN(C)C)c1)NCC1(CCO)CCOC1.I. The minimum atomic E-state index is -0.00879. The molecule has 2 rings (SSSR count). The molecule has 0 radical (unpaired) electrons. The third kappa shape index (κ3) is 9.50. The molecule has 1 aliphatic rings. The number of guanidine groups is 1. The summed E-state index contributed by atoms with van der Waals surface area (Å²) in [6, 6.07) is 8.08. The smallest absolute Gasteiger partial charge is 0.191 e. The van der Waals surface area contributed by atoms with Crippen LogP contribution in [-0.4, -0.2) is 76.1 Å². The Labute approximate surface area is 192 Å². The number of benzene rings is 1. The Bertz CT molecular complexity index is 607. The maximum absolute atomic E-state index is 9.39. The fraction of sp³-hybridized carbons (Fsp3) is 0.667. The Morgan fingerprint density at radius 2 is 2.17 bits per heavy atom. The number of likely N-dealkylation sites (N-methyl/N-ethyl adjacent to an activating group) is 1. The zero-order valence-electron chi connectivity index (χ0n) is 17.9. The van der Waals surface area contributed by atoms with Crippen LogP contribution in [-0.2, 0) is 11.3 Å². The molecule has 0 spiro atoms. The molecule has 1 unspecified atom stereocenters. The second-order valence-electron chi connectivity index (χ2n) is 7.62. The van der Waals surface area contributed by atoms with Crippen molar-refractivity contribution in [3.8, 4) is 5.75 Å². The number of ether oxygens (including phenoxy) is 2. The van der Waals surface area contributed by atoms with Crippen molar-refractivity contribution in [1.82, 2.24) is 15.5 Å². The highest BCUT2D eigenvalue weighted by molar-refractivity contribution is 14.0. The molecule has 0 bridgehead atoms. The van der Waals surface area contributed by atoms with Gasteiger partial charge in [-0.15, -0.1) is 24.0 Å². The molecule has 1 aromatic carbocycles. The number of hydrogen-bond acceptors (Lipinski definition) is 5. The first-order valence-corrected chi connectivity index (χ1v) is 10.1. The summed E-state index contributed by atoms with van der Waals surface area (Å²) in [5.41, 5.74) is 1.10. The lowest BCUT2D eigenvalue weighted by Gasteiger charge is -2.27. The highest BCUT2D eigenvalue weighted by atomic mass is 127. The highest BCUT2D eigenvalue weighted by Crippen LogP contribution is 2.31. The van der Waals surface area contributed by atoms with Gasteiger partial charge in [-0.05, 0) is 51.6 Å². The summed E-state index contributed by atoms with van der Waals surface area (Å²) in [6.07, 6.45) is 1.71. The van der Waals surface area contributed by atoms with E-state index in [1.54, 1.807) is 0 Å². The number of aliphatic hydroxyl groups excluding tert-OH is 1. The van der Waals surface area contributed by atoms with Gasteiger partial charge in [0.1, 0.15) is 12.4 Å². The lowest BCUT2D eigenvalue weighted by atomic mass is 9.84. The summed E-state index contributed by atoms with van der Waals surface area (Å²) >= 11 is 0. The summed E-state index contributed by atoms with van der Waals surface area (Å²) in [7, 11) is 4.07. The summed E-state index contributed by atoms with van der Waals surface area (Å²) in [5, 5.41) is 16.1. The van der Waals surface area contributed by atoms with Gasteiger partial charge in [-0.3, -0.25) is 0 Å². The van der Waals surface area contributed by atoms with Gasteiger partial charge in [-0.1, -0.05) is 12.1 Å². The molecule has 8 heteroatoms. The zero-order chi connectivity index (χ0) is 20.2. The Hall–Kier alpha value is -1.10. The van der Waals surface area contributed by atoms with Crippen LogP contribution in [0.4, 0.5) is 0 Å². The minimum Gasteiger partial charge on any atom is -0.492 e. The first kappa shape index (κ1) is 25.9. The molecule has 1 atom stereocenters. The molecule has 1 fully saturated rings. The number of hydrogen-bond donors (Lipinski definition) is 3.